The molecule has 220 valence electrons. The third-order valence-electron chi connectivity index (χ3n) is 6.65. The number of amides is 2. The quantitative estimate of drug-likeness (QED) is 0.301. The molecule has 0 bridgehead atoms. The van der Waals surface area contributed by atoms with Crippen LogP contribution in [0.2, 0.25) is 0 Å². The maximum atomic E-state index is 14.0. The third-order valence-corrected chi connectivity index (χ3v) is 7.79. The Morgan fingerprint density at radius 3 is 2.12 bits per heavy atom. The van der Waals surface area contributed by atoms with Gasteiger partial charge in [-0.2, -0.15) is 0 Å². The maximum absolute atomic E-state index is 14.0. The van der Waals surface area contributed by atoms with Crippen molar-refractivity contribution in [2.75, 3.05) is 23.7 Å². The summed E-state index contributed by atoms with van der Waals surface area (Å²) in [5.74, 6) is -0.793. The zero-order valence-corrected chi connectivity index (χ0v) is 24.7. The number of nitrogens with one attached hydrogen (secondary N) is 1. The average molecular weight is 584 g/mol. The van der Waals surface area contributed by atoms with E-state index in [1.807, 2.05) is 51.1 Å². The monoisotopic (exact) mass is 583 g/mol. The Morgan fingerprint density at radius 1 is 0.927 bits per heavy atom. The van der Waals surface area contributed by atoms with E-state index in [2.05, 4.69) is 5.32 Å². The van der Waals surface area contributed by atoms with Gasteiger partial charge in [0.2, 0.25) is 21.8 Å². The maximum Gasteiger partial charge on any atom is 0.244 e. The number of carbonyl (C=O) groups excluding carboxylic acids is 2. The SMILES string of the molecule is CCOc1ccc(N(CC(=O)N(Cc2ccc(F)cc2)C(Cc2ccccc2)C(=O)NC(C)CC)S(C)(=O)=O)cc1. The first-order valence-electron chi connectivity index (χ1n) is 13.6. The van der Waals surface area contributed by atoms with Gasteiger partial charge >= 0.3 is 0 Å². The number of carbonyl (C=O) groups is 2. The van der Waals surface area contributed by atoms with E-state index in [1.54, 1.807) is 36.4 Å². The Kier molecular flexibility index (Phi) is 11.3. The number of nitrogens with zero attached hydrogens (tertiary/aromatic N) is 2. The molecule has 0 aliphatic carbocycles. The zero-order valence-electron chi connectivity index (χ0n) is 23.9. The molecule has 0 radical (unpaired) electrons. The second kappa shape index (κ2) is 14.6. The number of anilines is 1. The first-order chi connectivity index (χ1) is 19.5. The molecule has 3 rings (SSSR count). The minimum absolute atomic E-state index is 0.0224. The molecule has 0 aromatic heterocycles. The van der Waals surface area contributed by atoms with Gasteiger partial charge in [-0.3, -0.25) is 13.9 Å². The van der Waals surface area contributed by atoms with Crippen molar-refractivity contribution in [2.24, 2.45) is 0 Å². The van der Waals surface area contributed by atoms with Gasteiger partial charge in [0, 0.05) is 19.0 Å². The summed E-state index contributed by atoms with van der Waals surface area (Å²) in [6, 6.07) is 20.3. The number of hydrogen-bond donors (Lipinski definition) is 1. The van der Waals surface area contributed by atoms with Crippen molar-refractivity contribution in [1.29, 1.82) is 0 Å². The van der Waals surface area contributed by atoms with Gasteiger partial charge in [0.15, 0.2) is 0 Å². The third kappa shape index (κ3) is 9.31. The highest BCUT2D eigenvalue weighted by Gasteiger charge is 2.33. The highest BCUT2D eigenvalue weighted by molar-refractivity contribution is 7.92. The summed E-state index contributed by atoms with van der Waals surface area (Å²) in [5, 5.41) is 2.97. The van der Waals surface area contributed by atoms with Gasteiger partial charge in [0.1, 0.15) is 24.2 Å². The molecule has 2 unspecified atom stereocenters. The lowest BCUT2D eigenvalue weighted by Crippen LogP contribution is -2.54. The van der Waals surface area contributed by atoms with Crippen molar-refractivity contribution in [3.8, 4) is 5.75 Å². The summed E-state index contributed by atoms with van der Waals surface area (Å²) in [6.07, 6.45) is 1.92. The molecule has 41 heavy (non-hydrogen) atoms. The summed E-state index contributed by atoms with van der Waals surface area (Å²) < 4.78 is 45.9. The Labute approximate surface area is 242 Å². The van der Waals surface area contributed by atoms with Crippen LogP contribution >= 0.6 is 0 Å². The van der Waals surface area contributed by atoms with Crippen molar-refractivity contribution in [3.63, 3.8) is 0 Å². The van der Waals surface area contributed by atoms with E-state index in [9.17, 15) is 22.4 Å². The van der Waals surface area contributed by atoms with Crippen molar-refractivity contribution < 1.29 is 27.1 Å². The smallest absolute Gasteiger partial charge is 0.244 e. The van der Waals surface area contributed by atoms with Crippen LogP contribution in [0.3, 0.4) is 0 Å². The van der Waals surface area contributed by atoms with Gasteiger partial charge in [-0.25, -0.2) is 12.8 Å². The second-order valence-corrected chi connectivity index (χ2v) is 11.8. The molecular formula is C31H38FN3O5S. The molecule has 2 atom stereocenters. The Balaban J connectivity index is 2.03. The minimum atomic E-state index is -3.88. The topological polar surface area (TPSA) is 96.0 Å². The molecule has 0 fully saturated rings. The highest BCUT2D eigenvalue weighted by Crippen LogP contribution is 2.23. The van der Waals surface area contributed by atoms with E-state index in [4.69, 9.17) is 4.74 Å². The van der Waals surface area contributed by atoms with Crippen LogP contribution in [0.15, 0.2) is 78.9 Å². The molecule has 3 aromatic carbocycles. The van der Waals surface area contributed by atoms with E-state index >= 15 is 0 Å². The molecule has 1 N–H and O–H groups in total. The van der Waals surface area contributed by atoms with Gasteiger partial charge in [-0.05, 0) is 67.8 Å². The zero-order chi connectivity index (χ0) is 30.0. The van der Waals surface area contributed by atoms with Gasteiger partial charge in [0.25, 0.3) is 0 Å². The Bertz CT molecular complexity index is 1380. The lowest BCUT2D eigenvalue weighted by atomic mass is 10.0. The molecule has 8 nitrogen and oxygen atoms in total. The normalized spacial score (nSPS) is 12.7. The lowest BCUT2D eigenvalue weighted by Gasteiger charge is -2.34. The van der Waals surface area contributed by atoms with E-state index in [0.717, 1.165) is 16.1 Å². The summed E-state index contributed by atoms with van der Waals surface area (Å²) in [5.41, 5.74) is 1.72. The first kappa shape index (κ1) is 31.6. The summed E-state index contributed by atoms with van der Waals surface area (Å²) >= 11 is 0. The highest BCUT2D eigenvalue weighted by atomic mass is 32.2. The van der Waals surface area contributed by atoms with Crippen molar-refractivity contribution in [1.82, 2.24) is 10.2 Å². The molecule has 0 aliphatic heterocycles. The molecule has 10 heteroatoms. The van der Waals surface area contributed by atoms with E-state index in [0.29, 0.717) is 24.3 Å². The van der Waals surface area contributed by atoms with Crippen LogP contribution in [0, 0.1) is 5.82 Å². The molecular weight excluding hydrogens is 545 g/mol. The van der Waals surface area contributed by atoms with Gasteiger partial charge < -0.3 is 15.0 Å². The van der Waals surface area contributed by atoms with Crippen LogP contribution in [0.5, 0.6) is 5.75 Å². The Morgan fingerprint density at radius 2 is 1.56 bits per heavy atom. The lowest BCUT2D eigenvalue weighted by molar-refractivity contribution is -0.140. The predicted octanol–water partition coefficient (Wildman–Crippen LogP) is 4.55. The first-order valence-corrected chi connectivity index (χ1v) is 15.4. The van der Waals surface area contributed by atoms with Gasteiger partial charge in [-0.1, -0.05) is 49.4 Å². The van der Waals surface area contributed by atoms with Crippen LogP contribution in [-0.2, 0) is 32.6 Å². The van der Waals surface area contributed by atoms with Crippen molar-refractivity contribution in [2.45, 2.75) is 52.2 Å². The molecule has 2 amide bonds. The fraction of sp³-hybridized carbons (Fsp3) is 0.355. The average Bonchev–Trinajstić information content (AvgIpc) is 2.95. The van der Waals surface area contributed by atoms with E-state index in [-0.39, 0.29) is 30.6 Å². The van der Waals surface area contributed by atoms with Crippen LogP contribution < -0.4 is 14.4 Å². The molecule has 3 aromatic rings. The molecule has 0 spiro atoms. The fourth-order valence-corrected chi connectivity index (χ4v) is 5.12. The molecule has 0 heterocycles. The number of hydrogen-bond acceptors (Lipinski definition) is 5. The van der Waals surface area contributed by atoms with Gasteiger partial charge in [-0.15, -0.1) is 0 Å². The van der Waals surface area contributed by atoms with E-state index < -0.39 is 34.3 Å². The molecule has 0 saturated carbocycles. The van der Waals surface area contributed by atoms with Crippen molar-refractivity contribution >= 4 is 27.5 Å². The fourth-order valence-electron chi connectivity index (χ4n) is 4.27. The molecule has 0 saturated heterocycles. The van der Waals surface area contributed by atoms with Crippen molar-refractivity contribution in [3.05, 3.63) is 95.8 Å². The summed E-state index contributed by atoms with van der Waals surface area (Å²) in [6.45, 7) is 5.56. The van der Waals surface area contributed by atoms with Crippen LogP contribution in [0.1, 0.15) is 38.3 Å². The number of rotatable bonds is 14. The number of ether oxygens (including phenoxy) is 1. The van der Waals surface area contributed by atoms with E-state index in [1.165, 1.54) is 17.0 Å². The van der Waals surface area contributed by atoms with Crippen LogP contribution in [0.4, 0.5) is 10.1 Å². The standard InChI is InChI=1S/C31H38FN3O5S/c1-5-23(3)33-31(37)29(20-24-10-8-7-9-11-24)34(21-25-12-14-26(32)15-13-25)30(36)22-35(41(4,38)39)27-16-18-28(19-17-27)40-6-2/h7-19,23,29H,5-6,20-22H2,1-4H3,(H,33,37). The van der Waals surface area contributed by atoms with Crippen LogP contribution in [0.25, 0.3) is 0 Å². The van der Waals surface area contributed by atoms with Gasteiger partial charge in [0.05, 0.1) is 18.6 Å². The second-order valence-electron chi connectivity index (χ2n) is 9.87. The summed E-state index contributed by atoms with van der Waals surface area (Å²) in [7, 11) is -3.88. The Hall–Kier alpha value is -3.92. The number of halogens is 1. The van der Waals surface area contributed by atoms with Crippen LogP contribution in [-0.4, -0.2) is 56.6 Å². The minimum Gasteiger partial charge on any atom is -0.494 e. The predicted molar refractivity (Wildman–Crippen MR) is 159 cm³/mol. The summed E-state index contributed by atoms with van der Waals surface area (Å²) in [4.78, 5) is 29.1. The largest absolute Gasteiger partial charge is 0.494 e. The number of benzene rings is 3. The number of sulfonamides is 1. The molecule has 0 aliphatic rings.